The molecule has 1 fully saturated rings. The maximum Gasteiger partial charge on any atom is 0.165 e. The van der Waals surface area contributed by atoms with E-state index < -0.39 is 0 Å². The minimum Gasteiger partial charge on any atom is -0.329 e. The number of hydrogen-bond donors (Lipinski definition) is 1. The van der Waals surface area contributed by atoms with Crippen molar-refractivity contribution >= 4 is 0 Å². The number of nitrogens with two attached hydrogens (primary N) is 1. The summed E-state index contributed by atoms with van der Waals surface area (Å²) in [6.07, 6.45) is 4.71. The summed E-state index contributed by atoms with van der Waals surface area (Å²) in [5.74, 6) is 1.75. The zero-order valence-electron chi connectivity index (χ0n) is 12.1. The van der Waals surface area contributed by atoms with Gasteiger partial charge in [-0.05, 0) is 42.2 Å². The molecule has 6 heteroatoms. The molecule has 19 heavy (non-hydrogen) atoms. The van der Waals surface area contributed by atoms with Crippen LogP contribution in [-0.4, -0.2) is 44.2 Å². The van der Waals surface area contributed by atoms with Crippen molar-refractivity contribution in [2.45, 2.75) is 58.7 Å². The number of unbranched alkanes of at least 4 members (excludes halogenated alkanes) is 1. The van der Waals surface area contributed by atoms with Gasteiger partial charge in [0, 0.05) is 19.1 Å². The minimum atomic E-state index is 0.472. The fraction of sp³-hybridized carbons (Fsp3) is 0.923. The van der Waals surface area contributed by atoms with Gasteiger partial charge in [0.25, 0.3) is 0 Å². The first-order valence-corrected chi connectivity index (χ1v) is 7.43. The van der Waals surface area contributed by atoms with Crippen LogP contribution in [0, 0.1) is 5.92 Å². The predicted molar refractivity (Wildman–Crippen MR) is 74.4 cm³/mol. The molecule has 0 aliphatic carbocycles. The Morgan fingerprint density at radius 1 is 1.42 bits per heavy atom. The molecule has 0 bridgehead atoms. The molecule has 6 nitrogen and oxygen atoms in total. The Labute approximate surface area is 115 Å². The van der Waals surface area contributed by atoms with E-state index in [0.717, 1.165) is 50.8 Å². The molecular weight excluding hydrogens is 240 g/mol. The Hall–Kier alpha value is -1.01. The lowest BCUT2D eigenvalue weighted by atomic mass is 9.92. The molecule has 108 valence electrons. The maximum atomic E-state index is 5.90. The largest absolute Gasteiger partial charge is 0.329 e. The Balaban J connectivity index is 1.97. The molecule has 1 aromatic rings. The molecule has 1 aliphatic heterocycles. The summed E-state index contributed by atoms with van der Waals surface area (Å²) in [5, 5.41) is 12.1. The minimum absolute atomic E-state index is 0.472. The van der Waals surface area contributed by atoms with Gasteiger partial charge in [-0.2, -0.15) is 0 Å². The van der Waals surface area contributed by atoms with E-state index >= 15 is 0 Å². The Morgan fingerprint density at radius 3 is 3.00 bits per heavy atom. The third kappa shape index (κ3) is 3.73. The molecule has 2 N–H and O–H groups in total. The molecule has 0 spiro atoms. The van der Waals surface area contributed by atoms with Gasteiger partial charge in [0.05, 0.1) is 6.54 Å². The highest BCUT2D eigenvalue weighted by atomic mass is 15.5. The lowest BCUT2D eigenvalue weighted by Gasteiger charge is -2.37. The van der Waals surface area contributed by atoms with Crippen molar-refractivity contribution in [2.24, 2.45) is 11.7 Å². The van der Waals surface area contributed by atoms with Crippen LogP contribution >= 0.6 is 0 Å². The van der Waals surface area contributed by atoms with Gasteiger partial charge in [-0.1, -0.05) is 20.3 Å². The van der Waals surface area contributed by atoms with Crippen LogP contribution in [0.1, 0.15) is 45.4 Å². The van der Waals surface area contributed by atoms with E-state index in [2.05, 4.69) is 34.3 Å². The summed E-state index contributed by atoms with van der Waals surface area (Å²) < 4.78 is 1.94. The van der Waals surface area contributed by atoms with Gasteiger partial charge in [-0.25, -0.2) is 4.68 Å². The molecule has 1 aliphatic rings. The van der Waals surface area contributed by atoms with Gasteiger partial charge in [-0.3, -0.25) is 4.90 Å². The van der Waals surface area contributed by atoms with Crippen molar-refractivity contribution in [1.29, 1.82) is 0 Å². The number of nitrogens with zero attached hydrogens (tertiary/aromatic N) is 5. The number of piperidine rings is 1. The zero-order valence-corrected chi connectivity index (χ0v) is 12.1. The summed E-state index contributed by atoms with van der Waals surface area (Å²) in [6, 6.07) is 0.472. The molecule has 0 aromatic carbocycles. The highest BCUT2D eigenvalue weighted by Gasteiger charge is 2.26. The lowest BCUT2D eigenvalue weighted by molar-refractivity contribution is 0.110. The van der Waals surface area contributed by atoms with Gasteiger partial charge in [0.15, 0.2) is 5.82 Å². The third-order valence-corrected chi connectivity index (χ3v) is 4.05. The summed E-state index contributed by atoms with van der Waals surface area (Å²) in [4.78, 5) is 2.44. The first kappa shape index (κ1) is 14.4. The molecule has 0 radical (unpaired) electrons. The summed E-state index contributed by atoms with van der Waals surface area (Å²) in [7, 11) is 0. The summed E-state index contributed by atoms with van der Waals surface area (Å²) in [6.45, 7) is 8.05. The van der Waals surface area contributed by atoms with Crippen molar-refractivity contribution in [3.05, 3.63) is 5.82 Å². The fourth-order valence-corrected chi connectivity index (χ4v) is 2.75. The van der Waals surface area contributed by atoms with Crippen LogP contribution in [0.2, 0.25) is 0 Å². The highest BCUT2D eigenvalue weighted by Crippen LogP contribution is 2.23. The van der Waals surface area contributed by atoms with E-state index in [1.165, 1.54) is 12.8 Å². The van der Waals surface area contributed by atoms with Crippen LogP contribution in [-0.2, 0) is 13.1 Å². The molecule has 2 heterocycles. The topological polar surface area (TPSA) is 72.9 Å². The number of hydrogen-bond acceptors (Lipinski definition) is 5. The van der Waals surface area contributed by atoms with E-state index in [4.69, 9.17) is 5.73 Å². The van der Waals surface area contributed by atoms with Gasteiger partial charge < -0.3 is 5.73 Å². The van der Waals surface area contributed by atoms with Crippen LogP contribution in [0.25, 0.3) is 0 Å². The molecule has 0 saturated carbocycles. The molecular formula is C13H26N6. The number of tetrazole rings is 1. The fourth-order valence-electron chi connectivity index (χ4n) is 2.75. The highest BCUT2D eigenvalue weighted by molar-refractivity contribution is 4.87. The van der Waals surface area contributed by atoms with E-state index in [1.807, 2.05) is 4.68 Å². The SMILES string of the molecule is CCCCn1nnnc1CN1CCC(C)CC1CN. The second kappa shape index (κ2) is 6.96. The number of aryl methyl sites for hydroxylation is 1. The Morgan fingerprint density at radius 2 is 2.26 bits per heavy atom. The Bertz CT molecular complexity index is 377. The monoisotopic (exact) mass is 266 g/mol. The zero-order chi connectivity index (χ0) is 13.7. The van der Waals surface area contributed by atoms with Gasteiger partial charge in [-0.15, -0.1) is 5.10 Å². The van der Waals surface area contributed by atoms with E-state index in [-0.39, 0.29) is 0 Å². The number of rotatable bonds is 6. The van der Waals surface area contributed by atoms with Crippen LogP contribution in [0.5, 0.6) is 0 Å². The predicted octanol–water partition coefficient (Wildman–Crippen LogP) is 1.03. The van der Waals surface area contributed by atoms with Crippen molar-refractivity contribution in [2.75, 3.05) is 13.1 Å². The van der Waals surface area contributed by atoms with Gasteiger partial charge in [0.2, 0.25) is 0 Å². The average molecular weight is 266 g/mol. The second-order valence-electron chi connectivity index (χ2n) is 5.66. The van der Waals surface area contributed by atoms with Crippen molar-refractivity contribution in [3.8, 4) is 0 Å². The van der Waals surface area contributed by atoms with Crippen LogP contribution in [0.3, 0.4) is 0 Å². The van der Waals surface area contributed by atoms with E-state index in [9.17, 15) is 0 Å². The van der Waals surface area contributed by atoms with Crippen molar-refractivity contribution in [3.63, 3.8) is 0 Å². The molecule has 2 unspecified atom stereocenters. The summed E-state index contributed by atoms with van der Waals surface area (Å²) >= 11 is 0. The third-order valence-electron chi connectivity index (χ3n) is 4.05. The maximum absolute atomic E-state index is 5.90. The molecule has 1 aromatic heterocycles. The second-order valence-corrected chi connectivity index (χ2v) is 5.66. The smallest absolute Gasteiger partial charge is 0.165 e. The first-order valence-electron chi connectivity index (χ1n) is 7.43. The van der Waals surface area contributed by atoms with Crippen LogP contribution < -0.4 is 5.73 Å². The molecule has 0 amide bonds. The van der Waals surface area contributed by atoms with Gasteiger partial charge in [0.1, 0.15) is 0 Å². The van der Waals surface area contributed by atoms with E-state index in [1.54, 1.807) is 0 Å². The molecule has 2 rings (SSSR count). The number of aromatic nitrogens is 4. The van der Waals surface area contributed by atoms with Crippen LogP contribution in [0.15, 0.2) is 0 Å². The number of likely N-dealkylation sites (tertiary alicyclic amines) is 1. The Kier molecular flexibility index (Phi) is 5.27. The van der Waals surface area contributed by atoms with Gasteiger partial charge >= 0.3 is 0 Å². The average Bonchev–Trinajstić information content (AvgIpc) is 2.85. The summed E-state index contributed by atoms with van der Waals surface area (Å²) in [5.41, 5.74) is 5.90. The van der Waals surface area contributed by atoms with Crippen molar-refractivity contribution < 1.29 is 0 Å². The first-order chi connectivity index (χ1) is 9.24. The van der Waals surface area contributed by atoms with E-state index in [0.29, 0.717) is 6.04 Å². The normalized spacial score (nSPS) is 24.8. The molecule has 2 atom stereocenters. The quantitative estimate of drug-likeness (QED) is 0.832. The standard InChI is InChI=1S/C13H26N6/c1-3-4-6-19-13(15-16-17-19)10-18-7-5-11(2)8-12(18)9-14/h11-12H,3-10,14H2,1-2H3. The van der Waals surface area contributed by atoms with Crippen LogP contribution in [0.4, 0.5) is 0 Å². The van der Waals surface area contributed by atoms with Crippen molar-refractivity contribution in [1.82, 2.24) is 25.1 Å². The molecule has 1 saturated heterocycles. The lowest BCUT2D eigenvalue weighted by Crippen LogP contribution is -2.46.